The van der Waals surface area contributed by atoms with Gasteiger partial charge in [-0.2, -0.15) is 0 Å². The first kappa shape index (κ1) is 43.7. The Morgan fingerprint density at radius 3 is 2.07 bits per heavy atom. The Bertz CT molecular complexity index is 1360. The maximum absolute atomic E-state index is 14.5. The minimum Gasteiger partial charge on any atom is -0.481 e. The highest BCUT2D eigenvalue weighted by Gasteiger charge is 2.63. The van der Waals surface area contributed by atoms with Crippen LogP contribution in [-0.2, 0) is 33.3 Å². The monoisotopic (exact) mass is 765 g/mol. The second-order valence-electron chi connectivity index (χ2n) is 18.5. The molecule has 310 valence electrons. The number of rotatable bonds is 12. The zero-order valence-electron chi connectivity index (χ0n) is 34.8. The Morgan fingerprint density at radius 2 is 1.48 bits per heavy atom. The number of carbonyl (C=O) groups excluding carboxylic acids is 1. The Labute approximate surface area is 323 Å². The first-order valence-electron chi connectivity index (χ1n) is 21.1. The summed E-state index contributed by atoms with van der Waals surface area (Å²) in [4.78, 5) is 26.6. The summed E-state index contributed by atoms with van der Waals surface area (Å²) >= 11 is 0. The van der Waals surface area contributed by atoms with Gasteiger partial charge in [0.1, 0.15) is 11.9 Å². The van der Waals surface area contributed by atoms with Crippen molar-refractivity contribution in [2.24, 2.45) is 47.3 Å². The first-order valence-corrected chi connectivity index (χ1v) is 21.1. The van der Waals surface area contributed by atoms with Gasteiger partial charge in [-0.05, 0) is 95.1 Å². The number of aliphatic carboxylic acids is 1. The van der Waals surface area contributed by atoms with Crippen LogP contribution in [0, 0.1) is 47.3 Å². The molecule has 0 bridgehead atoms. The lowest BCUT2D eigenvalue weighted by Gasteiger charge is -2.54. The number of ether oxygens (including phenoxy) is 5. The number of aliphatic hydroxyl groups excluding tert-OH is 2. The van der Waals surface area contributed by atoms with Crippen molar-refractivity contribution >= 4 is 11.8 Å². The number of carboxylic acids is 1. The molecule has 0 aliphatic carbocycles. The molecule has 0 saturated carbocycles. The molecule has 11 nitrogen and oxygen atoms in total. The molecule has 0 aromatic rings. The maximum atomic E-state index is 14.5. The van der Waals surface area contributed by atoms with Crippen molar-refractivity contribution in [1.82, 2.24) is 0 Å². The number of hydrogen-bond acceptors (Lipinski definition) is 10. The maximum Gasteiger partial charge on any atom is 0.309 e. The van der Waals surface area contributed by atoms with Crippen LogP contribution in [0.4, 0.5) is 0 Å². The number of hydrogen-bond donors (Lipinski definition) is 4. The molecule has 2 spiro atoms. The molecule has 4 N–H and O–H groups in total. The van der Waals surface area contributed by atoms with Gasteiger partial charge in [-0.3, -0.25) is 9.59 Å². The highest BCUT2D eigenvalue weighted by Crippen LogP contribution is 2.54. The van der Waals surface area contributed by atoms with Gasteiger partial charge in [0.05, 0.1) is 53.7 Å². The number of ketones is 1. The fourth-order valence-corrected chi connectivity index (χ4v) is 10.9. The van der Waals surface area contributed by atoms with Gasteiger partial charge in [-0.1, -0.05) is 62.3 Å². The Hall–Kier alpha value is -1.44. The standard InChI is InChI=1S/C43H72O11/c1-12-30(35(46)27(8)34(45)28(9)36-23(4)21-24(5)37(51-36)31(13-2)39(47)48)38-25(6)22-26(7)42(52-38)18-15-32(44)43(54-42)20-19-40(11,53-43)33-16-17-41(49,14-3)29(10)50-33/h15,18,23-34,36-38,44-45,49H,12-14,16-17,19-22H2,1-11H3,(H,47,48)/t23-,24-,25-,26+,27-,28+,29-,30-,31-,32+,33+,34+,36+,37+,38-,40-,41+,42-,43?/m0/s1. The lowest BCUT2D eigenvalue weighted by molar-refractivity contribution is -0.409. The van der Waals surface area contributed by atoms with Gasteiger partial charge >= 0.3 is 5.97 Å². The topological polar surface area (TPSA) is 161 Å². The van der Waals surface area contributed by atoms with Crippen LogP contribution < -0.4 is 0 Å². The third kappa shape index (κ3) is 7.88. The van der Waals surface area contributed by atoms with Gasteiger partial charge in [-0.25, -0.2) is 0 Å². The molecule has 1 unspecified atom stereocenters. The van der Waals surface area contributed by atoms with Crippen LogP contribution in [0.1, 0.15) is 134 Å². The molecule has 0 aromatic carbocycles. The average Bonchev–Trinajstić information content (AvgIpc) is 3.47. The van der Waals surface area contributed by atoms with Crippen molar-refractivity contribution in [2.75, 3.05) is 0 Å². The largest absolute Gasteiger partial charge is 0.481 e. The van der Waals surface area contributed by atoms with E-state index in [0.29, 0.717) is 51.4 Å². The second kappa shape index (κ2) is 16.4. The fraction of sp³-hybridized carbons (Fsp3) is 0.907. The van der Waals surface area contributed by atoms with Crippen LogP contribution in [0.2, 0.25) is 0 Å². The minimum atomic E-state index is -1.37. The van der Waals surface area contributed by atoms with E-state index in [4.69, 9.17) is 23.7 Å². The van der Waals surface area contributed by atoms with Crippen LogP contribution in [0.5, 0.6) is 0 Å². The van der Waals surface area contributed by atoms with E-state index >= 15 is 0 Å². The Balaban J connectivity index is 1.32. The summed E-state index contributed by atoms with van der Waals surface area (Å²) in [5.74, 6) is -5.80. The van der Waals surface area contributed by atoms with Gasteiger partial charge < -0.3 is 44.1 Å². The van der Waals surface area contributed by atoms with E-state index < -0.39 is 76.8 Å². The third-order valence-electron chi connectivity index (χ3n) is 14.8. The minimum absolute atomic E-state index is 0.0104. The van der Waals surface area contributed by atoms with Crippen molar-refractivity contribution in [2.45, 2.75) is 199 Å². The number of aliphatic hydroxyl groups is 3. The van der Waals surface area contributed by atoms with Crippen LogP contribution in [0.25, 0.3) is 0 Å². The highest BCUT2D eigenvalue weighted by atomic mass is 16.8. The van der Waals surface area contributed by atoms with Crippen molar-refractivity contribution in [3.8, 4) is 0 Å². The summed E-state index contributed by atoms with van der Waals surface area (Å²) in [7, 11) is 0. The fourth-order valence-electron chi connectivity index (χ4n) is 10.9. The van der Waals surface area contributed by atoms with E-state index in [0.717, 1.165) is 6.42 Å². The molecular formula is C43H72O11. The average molecular weight is 765 g/mol. The quantitative estimate of drug-likeness (QED) is 0.162. The molecule has 0 aromatic heterocycles. The summed E-state index contributed by atoms with van der Waals surface area (Å²) in [6.07, 6.45) is 4.75. The van der Waals surface area contributed by atoms with E-state index in [-0.39, 0.29) is 47.8 Å². The van der Waals surface area contributed by atoms with Crippen LogP contribution in [-0.4, -0.2) is 97.7 Å². The van der Waals surface area contributed by atoms with Crippen molar-refractivity contribution in [1.29, 1.82) is 0 Å². The number of carbonyl (C=O) groups is 2. The third-order valence-corrected chi connectivity index (χ3v) is 14.8. The molecule has 54 heavy (non-hydrogen) atoms. The molecule has 4 fully saturated rings. The lowest BCUT2D eigenvalue weighted by atomic mass is 9.72. The summed E-state index contributed by atoms with van der Waals surface area (Å²) in [6, 6.07) is 0. The normalized spacial score (nSPS) is 46.9. The molecule has 11 heteroatoms. The van der Waals surface area contributed by atoms with E-state index in [1.807, 2.05) is 48.5 Å². The van der Waals surface area contributed by atoms with Gasteiger partial charge in [0.25, 0.3) is 0 Å². The SMILES string of the molecule is CC[C@H](C(=O)O)[C@@H]1O[C@@H]([C@H](C)[C@H](O)[C@H](C)C(=O)[C@H](CC)[C@H]2O[C@]3(C=C[C@@H](O)C4(CC[C@@](C)([C@H]5CC[C@](O)(CC)[C@H](C)O5)O4)O3)[C@H](C)C[C@@H]2C)[C@@H](C)C[C@@H]1C. The van der Waals surface area contributed by atoms with Gasteiger partial charge in [0.15, 0.2) is 5.79 Å². The smallest absolute Gasteiger partial charge is 0.309 e. The predicted octanol–water partition coefficient (Wildman–Crippen LogP) is 6.43. The predicted molar refractivity (Wildman–Crippen MR) is 203 cm³/mol. The number of carboxylic acid groups (broad SMARTS) is 1. The zero-order chi connectivity index (χ0) is 40.1. The van der Waals surface area contributed by atoms with Crippen LogP contribution in [0.15, 0.2) is 12.2 Å². The molecule has 5 rings (SSSR count). The van der Waals surface area contributed by atoms with Crippen LogP contribution >= 0.6 is 0 Å². The van der Waals surface area contributed by atoms with Crippen molar-refractivity contribution in [3.63, 3.8) is 0 Å². The highest BCUT2D eigenvalue weighted by molar-refractivity contribution is 5.84. The summed E-state index contributed by atoms with van der Waals surface area (Å²) in [6.45, 7) is 21.7. The Morgan fingerprint density at radius 1 is 0.852 bits per heavy atom. The summed E-state index contributed by atoms with van der Waals surface area (Å²) < 4.78 is 33.6. The van der Waals surface area contributed by atoms with Crippen molar-refractivity contribution < 1.29 is 53.7 Å². The first-order chi connectivity index (χ1) is 25.2. The number of Topliss-reactive ketones (excluding diaryl/α,β-unsaturated/α-hetero) is 1. The molecule has 5 heterocycles. The molecule has 0 radical (unpaired) electrons. The lowest BCUT2D eigenvalue weighted by Crippen LogP contribution is -2.63. The van der Waals surface area contributed by atoms with Crippen LogP contribution in [0.3, 0.4) is 0 Å². The van der Waals surface area contributed by atoms with Gasteiger partial charge in [-0.15, -0.1) is 0 Å². The summed E-state index contributed by atoms with van der Waals surface area (Å²) in [5.41, 5.74) is -1.63. The molecule has 5 aliphatic rings. The molecule has 0 amide bonds. The van der Waals surface area contributed by atoms with Gasteiger partial charge in [0.2, 0.25) is 5.79 Å². The van der Waals surface area contributed by atoms with Gasteiger partial charge in [0, 0.05) is 30.1 Å². The molecule has 5 aliphatic heterocycles. The van der Waals surface area contributed by atoms with E-state index in [1.54, 1.807) is 19.1 Å². The summed E-state index contributed by atoms with van der Waals surface area (Å²) in [5, 5.41) is 44.2. The van der Waals surface area contributed by atoms with E-state index in [1.165, 1.54) is 0 Å². The molecule has 19 atom stereocenters. The van der Waals surface area contributed by atoms with Crippen molar-refractivity contribution in [3.05, 3.63) is 12.2 Å². The molecule has 4 saturated heterocycles. The second-order valence-corrected chi connectivity index (χ2v) is 18.5. The van der Waals surface area contributed by atoms with E-state index in [9.17, 15) is 30.0 Å². The molecular weight excluding hydrogens is 692 g/mol. The zero-order valence-corrected chi connectivity index (χ0v) is 34.8. The van der Waals surface area contributed by atoms with E-state index in [2.05, 4.69) is 20.8 Å². The Kier molecular flexibility index (Phi) is 13.3.